The van der Waals surface area contributed by atoms with Crippen LogP contribution in [0.15, 0.2) is 47.4 Å². The number of fused-ring (bicyclic) bond motifs is 1. The molecular formula is C31H29IN2O7S2. The number of amides is 3. The number of nitrogens with zero attached hydrogens (tertiary/aromatic N) is 1. The van der Waals surface area contributed by atoms with E-state index >= 15 is 0 Å². The molecule has 2 aromatic carbocycles. The first-order chi connectivity index (χ1) is 20.8. The molecule has 1 N–H and O–H groups in total. The molecule has 0 bridgehead atoms. The van der Waals surface area contributed by atoms with Crippen molar-refractivity contribution >= 4 is 79.8 Å². The lowest BCUT2D eigenvalue weighted by atomic mass is 9.95. The summed E-state index contributed by atoms with van der Waals surface area (Å²) in [6.45, 7) is 1.84. The third-order valence-corrected chi connectivity index (χ3v) is 9.77. The van der Waals surface area contributed by atoms with Crippen LogP contribution in [-0.2, 0) is 33.8 Å². The lowest BCUT2D eigenvalue weighted by Crippen LogP contribution is -2.36. The zero-order valence-electron chi connectivity index (χ0n) is 23.6. The lowest BCUT2D eigenvalue weighted by molar-refractivity contribution is -0.127. The number of aryl methyl sites for hydroxylation is 1. The Morgan fingerprint density at radius 2 is 1.88 bits per heavy atom. The second-order valence-corrected chi connectivity index (χ2v) is 13.0. The van der Waals surface area contributed by atoms with Crippen molar-refractivity contribution in [2.24, 2.45) is 0 Å². The highest BCUT2D eigenvalue weighted by Crippen LogP contribution is 2.40. The van der Waals surface area contributed by atoms with Crippen molar-refractivity contribution in [2.75, 3.05) is 25.6 Å². The smallest absolute Gasteiger partial charge is 0.341 e. The van der Waals surface area contributed by atoms with Crippen LogP contribution in [0.3, 0.4) is 0 Å². The second kappa shape index (κ2) is 14.0. The monoisotopic (exact) mass is 732 g/mol. The van der Waals surface area contributed by atoms with Crippen molar-refractivity contribution < 1.29 is 33.4 Å². The molecule has 0 atom stereocenters. The molecule has 43 heavy (non-hydrogen) atoms. The number of nitrogens with one attached hydrogen (secondary N) is 1. The number of anilines is 1. The largest absolute Gasteiger partial charge is 0.493 e. The third-order valence-electron chi connectivity index (χ3n) is 6.85. The Balaban J connectivity index is 1.29. The Labute approximate surface area is 271 Å². The average Bonchev–Trinajstić information content (AvgIpc) is 3.48. The summed E-state index contributed by atoms with van der Waals surface area (Å²) in [6, 6.07) is 13.3. The fourth-order valence-electron chi connectivity index (χ4n) is 4.86. The molecule has 0 saturated carbocycles. The molecule has 2 aliphatic rings. The number of ether oxygens (including phenoxy) is 3. The number of benzene rings is 2. The summed E-state index contributed by atoms with van der Waals surface area (Å²) in [6.07, 6.45) is 5.15. The van der Waals surface area contributed by atoms with Gasteiger partial charge in [0.2, 0.25) is 5.91 Å². The standard InChI is InChI=1S/C31H29IN2O7S2/c1-3-40-30(37)26-20-11-7-8-12-23(20)42-28(26)33-25(35)16-34-29(36)24(43-31(34)38)15-19-13-21(32)27(22(14-19)39-2)41-17-18-9-5-4-6-10-18/h4-6,9-10,13-15H,3,7-8,11-12,16-17H2,1-2H3,(H,33,35). The van der Waals surface area contributed by atoms with E-state index in [2.05, 4.69) is 27.9 Å². The Hall–Kier alpha value is -3.36. The molecule has 3 aromatic rings. The molecule has 3 amide bonds. The summed E-state index contributed by atoms with van der Waals surface area (Å²) in [5.41, 5.74) is 2.95. The van der Waals surface area contributed by atoms with Crippen LogP contribution in [0.25, 0.3) is 6.08 Å². The number of imide groups is 1. The molecule has 1 aliphatic heterocycles. The molecule has 224 valence electrons. The first-order valence-corrected chi connectivity index (χ1v) is 16.4. The van der Waals surface area contributed by atoms with Crippen LogP contribution >= 0.6 is 45.7 Å². The highest BCUT2D eigenvalue weighted by atomic mass is 127. The van der Waals surface area contributed by atoms with Gasteiger partial charge in [-0.1, -0.05) is 30.3 Å². The van der Waals surface area contributed by atoms with Gasteiger partial charge in [-0.05, 0) is 102 Å². The molecule has 1 saturated heterocycles. The van der Waals surface area contributed by atoms with Gasteiger partial charge < -0.3 is 19.5 Å². The molecule has 5 rings (SSSR count). The van der Waals surface area contributed by atoms with E-state index in [0.717, 1.165) is 61.9 Å². The van der Waals surface area contributed by atoms with Gasteiger partial charge in [0.05, 0.1) is 27.8 Å². The van der Waals surface area contributed by atoms with Gasteiger partial charge in [0.25, 0.3) is 11.1 Å². The van der Waals surface area contributed by atoms with Crippen LogP contribution in [-0.4, -0.2) is 48.2 Å². The minimum atomic E-state index is -0.570. The zero-order valence-corrected chi connectivity index (χ0v) is 27.4. The zero-order chi connectivity index (χ0) is 30.5. The number of carbonyl (C=O) groups is 4. The van der Waals surface area contributed by atoms with Crippen LogP contribution in [0.5, 0.6) is 11.5 Å². The Bertz CT molecular complexity index is 1600. The first kappa shape index (κ1) is 31.1. The summed E-state index contributed by atoms with van der Waals surface area (Å²) in [7, 11) is 1.54. The van der Waals surface area contributed by atoms with Crippen molar-refractivity contribution in [3.63, 3.8) is 0 Å². The van der Waals surface area contributed by atoms with E-state index in [1.54, 1.807) is 19.1 Å². The molecule has 9 nitrogen and oxygen atoms in total. The van der Waals surface area contributed by atoms with Gasteiger partial charge >= 0.3 is 5.97 Å². The van der Waals surface area contributed by atoms with Crippen molar-refractivity contribution in [1.29, 1.82) is 0 Å². The Morgan fingerprint density at radius 1 is 1.12 bits per heavy atom. The van der Waals surface area contributed by atoms with Crippen LogP contribution < -0.4 is 14.8 Å². The number of halogens is 1. The highest BCUT2D eigenvalue weighted by molar-refractivity contribution is 14.1. The van der Waals surface area contributed by atoms with Crippen molar-refractivity contribution in [3.8, 4) is 11.5 Å². The van der Waals surface area contributed by atoms with Crippen LogP contribution in [0.1, 0.15) is 51.7 Å². The minimum absolute atomic E-state index is 0.187. The number of carbonyl (C=O) groups excluding carboxylic acids is 4. The maximum absolute atomic E-state index is 13.2. The minimum Gasteiger partial charge on any atom is -0.493 e. The predicted octanol–water partition coefficient (Wildman–Crippen LogP) is 6.67. The van der Waals surface area contributed by atoms with Gasteiger partial charge in [-0.15, -0.1) is 11.3 Å². The van der Waals surface area contributed by atoms with E-state index in [9.17, 15) is 19.2 Å². The van der Waals surface area contributed by atoms with Gasteiger partial charge in [-0.2, -0.15) is 0 Å². The number of hydrogen-bond donors (Lipinski definition) is 1. The van der Waals surface area contributed by atoms with Crippen molar-refractivity contribution in [3.05, 3.63) is 78.1 Å². The maximum atomic E-state index is 13.2. The first-order valence-electron chi connectivity index (χ1n) is 13.7. The summed E-state index contributed by atoms with van der Waals surface area (Å²) >= 11 is 4.26. The number of esters is 1. The molecule has 1 aromatic heterocycles. The fraction of sp³-hybridized carbons (Fsp3) is 0.290. The molecule has 1 fully saturated rings. The van der Waals surface area contributed by atoms with E-state index in [4.69, 9.17) is 14.2 Å². The van der Waals surface area contributed by atoms with E-state index in [0.29, 0.717) is 34.2 Å². The van der Waals surface area contributed by atoms with Gasteiger partial charge in [-0.25, -0.2) is 4.79 Å². The number of thiophene rings is 1. The Kier molecular flexibility index (Phi) is 10.1. The molecular weight excluding hydrogens is 703 g/mol. The van der Waals surface area contributed by atoms with E-state index < -0.39 is 29.6 Å². The number of methoxy groups -OCH3 is 1. The third kappa shape index (κ3) is 7.07. The van der Waals surface area contributed by atoms with Crippen LogP contribution in [0.4, 0.5) is 9.80 Å². The molecule has 1 aliphatic carbocycles. The van der Waals surface area contributed by atoms with Crippen molar-refractivity contribution in [2.45, 2.75) is 39.2 Å². The normalized spacial score (nSPS) is 15.4. The lowest BCUT2D eigenvalue weighted by Gasteiger charge is -2.14. The van der Waals surface area contributed by atoms with E-state index in [-0.39, 0.29) is 11.5 Å². The topological polar surface area (TPSA) is 111 Å². The molecule has 12 heteroatoms. The SMILES string of the molecule is CCOC(=O)c1c(NC(=O)CN2C(=O)SC(=Cc3cc(I)c(OCc4ccccc4)c(OC)c3)C2=O)sc2c1CCCC2. The summed E-state index contributed by atoms with van der Waals surface area (Å²) in [5.74, 6) is -0.550. The number of hydrogen-bond acceptors (Lipinski definition) is 9. The van der Waals surface area contributed by atoms with E-state index in [1.807, 2.05) is 36.4 Å². The van der Waals surface area contributed by atoms with Gasteiger partial charge in [0, 0.05) is 4.88 Å². The van der Waals surface area contributed by atoms with Gasteiger partial charge in [0.1, 0.15) is 18.2 Å². The molecule has 0 unspecified atom stereocenters. The van der Waals surface area contributed by atoms with Gasteiger partial charge in [-0.3, -0.25) is 19.3 Å². The predicted molar refractivity (Wildman–Crippen MR) is 175 cm³/mol. The summed E-state index contributed by atoms with van der Waals surface area (Å²) in [5, 5.41) is 2.61. The van der Waals surface area contributed by atoms with Crippen molar-refractivity contribution in [1.82, 2.24) is 4.90 Å². The summed E-state index contributed by atoms with van der Waals surface area (Å²) in [4.78, 5) is 53.9. The van der Waals surface area contributed by atoms with Crippen LogP contribution in [0.2, 0.25) is 0 Å². The summed E-state index contributed by atoms with van der Waals surface area (Å²) < 4.78 is 17.6. The Morgan fingerprint density at radius 3 is 2.63 bits per heavy atom. The highest BCUT2D eigenvalue weighted by Gasteiger charge is 2.37. The quantitative estimate of drug-likeness (QED) is 0.140. The number of thioether (sulfide) groups is 1. The molecule has 0 spiro atoms. The number of rotatable bonds is 10. The maximum Gasteiger partial charge on any atom is 0.341 e. The van der Waals surface area contributed by atoms with Gasteiger partial charge in [0.15, 0.2) is 11.5 Å². The molecule has 0 radical (unpaired) electrons. The molecule has 2 heterocycles. The fourth-order valence-corrected chi connectivity index (χ4v) is 7.78. The average molecular weight is 733 g/mol. The van der Waals surface area contributed by atoms with Crippen LogP contribution in [0, 0.1) is 3.57 Å². The second-order valence-electron chi connectivity index (χ2n) is 9.76. The van der Waals surface area contributed by atoms with E-state index in [1.165, 1.54) is 18.4 Å².